The molecule has 0 atom stereocenters. The fraction of sp³-hybridized carbons (Fsp3) is 0.850. The summed E-state index contributed by atoms with van der Waals surface area (Å²) in [6.45, 7) is 2.26. The summed E-state index contributed by atoms with van der Waals surface area (Å²) in [7, 11) is 0. The maximum atomic E-state index is 11.4. The van der Waals surface area contributed by atoms with Gasteiger partial charge in [0.1, 0.15) is 0 Å². The Bertz CT molecular complexity index is 439. The van der Waals surface area contributed by atoms with Crippen molar-refractivity contribution >= 4 is 17.9 Å². The predicted octanol–water partition coefficient (Wildman–Crippen LogP) is -1.29. The summed E-state index contributed by atoms with van der Waals surface area (Å²) in [6.07, 6.45) is 12.1. The summed E-state index contributed by atoms with van der Waals surface area (Å²) in [4.78, 5) is 33.2. The molecule has 0 aromatic rings. The van der Waals surface area contributed by atoms with Gasteiger partial charge in [-0.25, -0.2) is 4.79 Å². The van der Waals surface area contributed by atoms with Crippen molar-refractivity contribution in [3.8, 4) is 0 Å². The molecule has 0 aromatic heterocycles. The number of carboxylic acids is 3. The summed E-state index contributed by atoms with van der Waals surface area (Å²) in [5.74, 6) is -4.34. The Morgan fingerprint density at radius 2 is 1.03 bits per heavy atom. The van der Waals surface area contributed by atoms with E-state index in [4.69, 9.17) is 14.9 Å². The predicted molar refractivity (Wildman–Crippen MR) is 104 cm³/mol. The molecule has 0 spiro atoms. The zero-order valence-electron chi connectivity index (χ0n) is 20.6. The summed E-state index contributed by atoms with van der Waals surface area (Å²) >= 11 is 0. The average molecular weight is 436 g/mol. The topological polar surface area (TPSA) is 121 Å². The van der Waals surface area contributed by atoms with E-state index in [1.165, 1.54) is 51.4 Å². The first kappa shape index (κ1) is 34.0. The quantitative estimate of drug-likeness (QED) is 0.170. The van der Waals surface area contributed by atoms with Crippen LogP contribution in [0.4, 0.5) is 0 Å². The maximum Gasteiger partial charge on any atom is 1.00 e. The van der Waals surface area contributed by atoms with Crippen LogP contribution >= 0.6 is 0 Å². The minimum Gasteiger partial charge on any atom is -1.00 e. The molecular weight excluding hydrogens is 398 g/mol. The molecule has 0 aliphatic rings. The van der Waals surface area contributed by atoms with Crippen molar-refractivity contribution in [2.24, 2.45) is 0 Å². The molecular formula is C20H38Na2O7. The first-order chi connectivity index (χ1) is 12.8. The van der Waals surface area contributed by atoms with Gasteiger partial charge in [0.25, 0.3) is 0 Å². The Morgan fingerprint density at radius 3 is 1.34 bits per heavy atom. The fourth-order valence-electron chi connectivity index (χ4n) is 3.08. The normalized spacial score (nSPS) is 10.7. The van der Waals surface area contributed by atoms with Gasteiger partial charge in [0.15, 0.2) is 5.60 Å². The van der Waals surface area contributed by atoms with E-state index in [2.05, 4.69) is 6.92 Å². The van der Waals surface area contributed by atoms with Crippen molar-refractivity contribution in [3.63, 3.8) is 0 Å². The zero-order chi connectivity index (χ0) is 20.5. The van der Waals surface area contributed by atoms with E-state index < -0.39 is 36.4 Å². The number of carboxylic acid groups (broad SMARTS) is 3. The zero-order valence-corrected chi connectivity index (χ0v) is 22.6. The molecule has 3 N–H and O–H groups in total. The van der Waals surface area contributed by atoms with Gasteiger partial charge in [-0.1, -0.05) is 77.6 Å². The molecule has 0 saturated carbocycles. The summed E-state index contributed by atoms with van der Waals surface area (Å²) in [5.41, 5.74) is -2.20. The molecule has 0 aliphatic carbocycles. The van der Waals surface area contributed by atoms with Crippen molar-refractivity contribution in [2.45, 2.75) is 102 Å². The minimum atomic E-state index is -2.20. The Hall–Kier alpha value is 0.370. The van der Waals surface area contributed by atoms with Crippen LogP contribution in [0.15, 0.2) is 0 Å². The van der Waals surface area contributed by atoms with Gasteiger partial charge in [-0.15, -0.1) is 0 Å². The molecule has 0 aliphatic heterocycles. The second-order valence-electron chi connectivity index (χ2n) is 7.18. The van der Waals surface area contributed by atoms with Crippen LogP contribution in [0.25, 0.3) is 0 Å². The van der Waals surface area contributed by atoms with E-state index in [0.29, 0.717) is 6.42 Å². The number of unbranched alkanes of at least 4 members (excludes halogenated alkanes) is 11. The van der Waals surface area contributed by atoms with Crippen molar-refractivity contribution in [1.29, 1.82) is 0 Å². The Balaban J connectivity index is -0.000000563. The molecule has 0 bridgehead atoms. The fourth-order valence-corrected chi connectivity index (χ4v) is 3.08. The Morgan fingerprint density at radius 1 is 0.690 bits per heavy atom. The monoisotopic (exact) mass is 436 g/mol. The number of carbonyl (C=O) groups is 3. The molecule has 0 amide bonds. The van der Waals surface area contributed by atoms with Gasteiger partial charge in [-0.05, 0) is 6.42 Å². The van der Waals surface area contributed by atoms with Crippen molar-refractivity contribution < 1.29 is 96.4 Å². The second kappa shape index (κ2) is 21.6. The number of ether oxygens (including phenoxy) is 1. The third-order valence-electron chi connectivity index (χ3n) is 4.64. The SMILES string of the molecule is CCCCCCCCCCCCCCOC(CC(=O)O)(CC(=O)O)C(=O)O.[H-].[H-].[Na+].[Na+]. The van der Waals surface area contributed by atoms with Gasteiger partial charge < -0.3 is 22.9 Å². The van der Waals surface area contributed by atoms with Crippen LogP contribution in [0.3, 0.4) is 0 Å². The molecule has 0 fully saturated rings. The van der Waals surface area contributed by atoms with Crippen LogP contribution in [-0.4, -0.2) is 45.4 Å². The van der Waals surface area contributed by atoms with E-state index in [-0.39, 0.29) is 68.6 Å². The molecule has 162 valence electrons. The number of rotatable bonds is 19. The van der Waals surface area contributed by atoms with Gasteiger partial charge >= 0.3 is 77.0 Å². The van der Waals surface area contributed by atoms with Crippen molar-refractivity contribution in [1.82, 2.24) is 0 Å². The molecule has 0 rings (SSSR count). The van der Waals surface area contributed by atoms with Crippen LogP contribution in [-0.2, 0) is 19.1 Å². The number of aliphatic carboxylic acids is 3. The maximum absolute atomic E-state index is 11.4. The van der Waals surface area contributed by atoms with Crippen LogP contribution < -0.4 is 59.1 Å². The molecule has 0 aromatic carbocycles. The first-order valence-electron chi connectivity index (χ1n) is 10.1. The molecule has 29 heavy (non-hydrogen) atoms. The Labute approximate surface area is 221 Å². The van der Waals surface area contributed by atoms with E-state index in [1.54, 1.807) is 0 Å². The molecule has 0 radical (unpaired) electrons. The minimum absolute atomic E-state index is 0. The first-order valence-corrected chi connectivity index (χ1v) is 10.1. The number of hydrogen-bond acceptors (Lipinski definition) is 4. The smallest absolute Gasteiger partial charge is 1.00 e. The molecule has 0 saturated heterocycles. The van der Waals surface area contributed by atoms with Gasteiger partial charge in [0.05, 0.1) is 12.8 Å². The van der Waals surface area contributed by atoms with Crippen molar-refractivity contribution in [3.05, 3.63) is 0 Å². The second-order valence-corrected chi connectivity index (χ2v) is 7.18. The number of hydrogen-bond donors (Lipinski definition) is 3. The van der Waals surface area contributed by atoms with Gasteiger partial charge in [-0.3, -0.25) is 9.59 Å². The van der Waals surface area contributed by atoms with Crippen LogP contribution in [0, 0.1) is 0 Å². The molecule has 0 heterocycles. The summed E-state index contributed by atoms with van der Waals surface area (Å²) in [5, 5.41) is 27.0. The summed E-state index contributed by atoms with van der Waals surface area (Å²) < 4.78 is 5.24. The standard InChI is InChI=1S/C20H36O7.2Na.2H/c1-2-3-4-5-6-7-8-9-10-11-12-13-14-27-20(19(25)26,15-17(21)22)16-18(23)24;;;;/h2-16H2,1H3,(H,21,22)(H,23,24)(H,25,26);;;;/q;2*+1;2*-1. The van der Waals surface area contributed by atoms with E-state index in [1.807, 2.05) is 0 Å². The van der Waals surface area contributed by atoms with E-state index in [0.717, 1.165) is 19.3 Å². The largest absolute Gasteiger partial charge is 1.00 e. The van der Waals surface area contributed by atoms with Gasteiger partial charge in [0.2, 0.25) is 0 Å². The van der Waals surface area contributed by atoms with Gasteiger partial charge in [-0.2, -0.15) is 0 Å². The van der Waals surface area contributed by atoms with Crippen molar-refractivity contribution in [2.75, 3.05) is 6.61 Å². The van der Waals surface area contributed by atoms with Gasteiger partial charge in [0, 0.05) is 6.61 Å². The third kappa shape index (κ3) is 18.8. The molecule has 9 heteroatoms. The van der Waals surface area contributed by atoms with Crippen LogP contribution in [0.2, 0.25) is 0 Å². The van der Waals surface area contributed by atoms with Crippen LogP contribution in [0.1, 0.15) is 99.7 Å². The van der Waals surface area contributed by atoms with Crippen LogP contribution in [0.5, 0.6) is 0 Å². The average Bonchev–Trinajstić information content (AvgIpc) is 2.57. The molecule has 7 nitrogen and oxygen atoms in total. The van der Waals surface area contributed by atoms with E-state index >= 15 is 0 Å². The summed E-state index contributed by atoms with van der Waals surface area (Å²) in [6, 6.07) is 0. The molecule has 0 unspecified atom stereocenters. The van der Waals surface area contributed by atoms with E-state index in [9.17, 15) is 19.5 Å². The third-order valence-corrected chi connectivity index (χ3v) is 4.64. The Kier molecular flexibility index (Phi) is 25.3.